The van der Waals surface area contributed by atoms with Gasteiger partial charge in [-0.25, -0.2) is 9.97 Å². The number of ether oxygens (including phenoxy) is 1. The number of fused-ring (bicyclic) bond motifs is 1. The van der Waals surface area contributed by atoms with E-state index in [-0.39, 0.29) is 33.9 Å². The molecule has 0 spiro atoms. The quantitative estimate of drug-likeness (QED) is 0.647. The minimum atomic E-state index is -0.734. The maximum atomic E-state index is 13.0. The summed E-state index contributed by atoms with van der Waals surface area (Å²) in [6, 6.07) is 3.15. The van der Waals surface area contributed by atoms with Crippen LogP contribution in [-0.2, 0) is 10.2 Å². The molecule has 168 valence electrons. The van der Waals surface area contributed by atoms with Gasteiger partial charge in [0.1, 0.15) is 11.5 Å². The molecule has 3 aromatic heterocycles. The molecule has 1 fully saturated rings. The van der Waals surface area contributed by atoms with E-state index in [1.165, 1.54) is 12.3 Å². The number of carbonyl (C=O) groups excluding carboxylic acids is 1. The number of pyridine rings is 2. The van der Waals surface area contributed by atoms with Crippen LogP contribution in [0.1, 0.15) is 74.4 Å². The second kappa shape index (κ2) is 8.43. The molecule has 1 aliphatic carbocycles. The SMILES string of the molecule is CO[C@H]1CC[C@H](c2nc(C(C)(C)C)ncc2-c2cc(=O)c3c(C(N)=O)nccc3[nH]2)CC1. The van der Waals surface area contributed by atoms with E-state index in [2.05, 4.69) is 35.7 Å². The molecule has 0 bridgehead atoms. The lowest BCUT2D eigenvalue weighted by atomic mass is 9.83. The summed E-state index contributed by atoms with van der Waals surface area (Å²) in [5.41, 5.74) is 7.74. The third-order valence-corrected chi connectivity index (χ3v) is 6.15. The Hall–Kier alpha value is -3.13. The molecular weight excluding hydrogens is 406 g/mol. The van der Waals surface area contributed by atoms with Crippen molar-refractivity contribution < 1.29 is 9.53 Å². The van der Waals surface area contributed by atoms with E-state index in [4.69, 9.17) is 15.5 Å². The number of amides is 1. The summed E-state index contributed by atoms with van der Waals surface area (Å²) < 4.78 is 5.54. The van der Waals surface area contributed by atoms with E-state index >= 15 is 0 Å². The van der Waals surface area contributed by atoms with E-state index in [1.807, 2.05) is 0 Å². The van der Waals surface area contributed by atoms with Gasteiger partial charge in [0.2, 0.25) is 0 Å². The van der Waals surface area contributed by atoms with E-state index in [9.17, 15) is 9.59 Å². The first-order valence-electron chi connectivity index (χ1n) is 10.9. The third kappa shape index (κ3) is 4.14. The van der Waals surface area contributed by atoms with Gasteiger partial charge in [0.05, 0.1) is 28.4 Å². The van der Waals surface area contributed by atoms with Gasteiger partial charge in [-0.1, -0.05) is 20.8 Å². The number of aromatic nitrogens is 4. The summed E-state index contributed by atoms with van der Waals surface area (Å²) in [6.45, 7) is 6.26. The zero-order valence-electron chi connectivity index (χ0n) is 18.9. The van der Waals surface area contributed by atoms with Crippen LogP contribution < -0.4 is 11.2 Å². The fraction of sp³-hybridized carbons (Fsp3) is 0.458. The van der Waals surface area contributed by atoms with Crippen LogP contribution in [0, 0.1) is 0 Å². The number of rotatable bonds is 4. The number of hydrogen-bond donors (Lipinski definition) is 2. The minimum absolute atomic E-state index is 0.0345. The molecule has 0 radical (unpaired) electrons. The number of methoxy groups -OCH3 is 1. The normalized spacial score (nSPS) is 19.2. The van der Waals surface area contributed by atoms with Gasteiger partial charge in [-0.15, -0.1) is 0 Å². The lowest BCUT2D eigenvalue weighted by Gasteiger charge is -2.29. The van der Waals surface area contributed by atoms with Gasteiger partial charge in [0.25, 0.3) is 5.91 Å². The number of carbonyl (C=O) groups is 1. The molecule has 1 aliphatic rings. The molecule has 8 heteroatoms. The molecule has 3 N–H and O–H groups in total. The molecule has 4 rings (SSSR count). The Morgan fingerprint density at radius 2 is 1.91 bits per heavy atom. The number of primary amides is 1. The topological polar surface area (TPSA) is 124 Å². The van der Waals surface area contributed by atoms with Crippen molar-refractivity contribution in [2.24, 2.45) is 5.73 Å². The van der Waals surface area contributed by atoms with Gasteiger partial charge in [-0.2, -0.15) is 0 Å². The van der Waals surface area contributed by atoms with Crippen molar-refractivity contribution in [3.8, 4) is 11.3 Å². The monoisotopic (exact) mass is 435 g/mol. The Kier molecular flexibility index (Phi) is 5.81. The van der Waals surface area contributed by atoms with Gasteiger partial charge < -0.3 is 15.5 Å². The molecule has 0 atom stereocenters. The molecule has 0 unspecified atom stereocenters. The van der Waals surface area contributed by atoms with Crippen molar-refractivity contribution in [3.05, 3.63) is 52.0 Å². The molecule has 0 aliphatic heterocycles. The summed E-state index contributed by atoms with van der Waals surface area (Å²) >= 11 is 0. The second-order valence-corrected chi connectivity index (χ2v) is 9.45. The largest absolute Gasteiger partial charge is 0.381 e. The highest BCUT2D eigenvalue weighted by molar-refractivity contribution is 6.03. The summed E-state index contributed by atoms with van der Waals surface area (Å²) in [5, 5.41) is 0.193. The van der Waals surface area contributed by atoms with Gasteiger partial charge in [-0.05, 0) is 31.7 Å². The number of H-pyrrole nitrogens is 1. The van der Waals surface area contributed by atoms with Crippen LogP contribution in [0.3, 0.4) is 0 Å². The van der Waals surface area contributed by atoms with Gasteiger partial charge in [-0.3, -0.25) is 14.6 Å². The summed E-state index contributed by atoms with van der Waals surface area (Å²) in [7, 11) is 1.76. The Balaban J connectivity index is 1.87. The zero-order chi connectivity index (χ0) is 23.0. The van der Waals surface area contributed by atoms with E-state index in [1.54, 1.807) is 19.4 Å². The molecule has 1 amide bonds. The Labute approximate surface area is 186 Å². The van der Waals surface area contributed by atoms with Gasteiger partial charge >= 0.3 is 0 Å². The predicted molar refractivity (Wildman–Crippen MR) is 123 cm³/mol. The van der Waals surface area contributed by atoms with Crippen LogP contribution in [0.4, 0.5) is 0 Å². The molecule has 3 heterocycles. The fourth-order valence-corrected chi connectivity index (χ4v) is 4.38. The molecule has 0 saturated heterocycles. The van der Waals surface area contributed by atoms with Crippen LogP contribution in [0.5, 0.6) is 0 Å². The van der Waals surface area contributed by atoms with E-state index in [0.717, 1.165) is 42.8 Å². The average Bonchev–Trinajstić information content (AvgIpc) is 2.77. The maximum absolute atomic E-state index is 13.0. The molecule has 0 aromatic carbocycles. The highest BCUT2D eigenvalue weighted by Gasteiger charge is 2.28. The van der Waals surface area contributed by atoms with Crippen molar-refractivity contribution in [3.63, 3.8) is 0 Å². The van der Waals surface area contributed by atoms with Crippen LogP contribution in [0.25, 0.3) is 22.2 Å². The van der Waals surface area contributed by atoms with Gasteiger partial charge in [0.15, 0.2) is 5.43 Å². The average molecular weight is 436 g/mol. The molecular formula is C24H29N5O3. The standard InChI is InChI=1S/C24H29N5O3/c1-24(2,3)23-27-12-15(20(29-23)13-5-7-14(32-4)8-6-13)17-11-18(30)19-16(28-17)9-10-26-21(19)22(25)31/h9-14H,5-8H2,1-4H3,(H2,25,31)(H,28,30)/t13-,14-. The summed E-state index contributed by atoms with van der Waals surface area (Å²) in [4.78, 5) is 41.6. The van der Waals surface area contributed by atoms with Crippen molar-refractivity contribution in [2.45, 2.75) is 63.9 Å². The first-order valence-corrected chi connectivity index (χ1v) is 10.9. The van der Waals surface area contributed by atoms with E-state index in [0.29, 0.717) is 11.2 Å². The Morgan fingerprint density at radius 1 is 1.19 bits per heavy atom. The number of nitrogens with zero attached hydrogens (tertiary/aromatic N) is 3. The van der Waals surface area contributed by atoms with Crippen molar-refractivity contribution in [1.29, 1.82) is 0 Å². The highest BCUT2D eigenvalue weighted by Crippen LogP contribution is 2.38. The highest BCUT2D eigenvalue weighted by atomic mass is 16.5. The number of nitrogens with two attached hydrogens (primary N) is 1. The summed E-state index contributed by atoms with van der Waals surface area (Å²) in [5.74, 6) is 0.286. The molecule has 32 heavy (non-hydrogen) atoms. The smallest absolute Gasteiger partial charge is 0.268 e. The molecule has 8 nitrogen and oxygen atoms in total. The number of nitrogens with one attached hydrogen (secondary N) is 1. The maximum Gasteiger partial charge on any atom is 0.268 e. The van der Waals surface area contributed by atoms with Crippen LogP contribution >= 0.6 is 0 Å². The fourth-order valence-electron chi connectivity index (χ4n) is 4.38. The number of hydrogen-bond acceptors (Lipinski definition) is 6. The second-order valence-electron chi connectivity index (χ2n) is 9.45. The zero-order valence-corrected chi connectivity index (χ0v) is 18.9. The van der Waals surface area contributed by atoms with Crippen LogP contribution in [0.2, 0.25) is 0 Å². The molecule has 1 saturated carbocycles. The predicted octanol–water partition coefficient (Wildman–Crippen LogP) is 3.45. The lowest BCUT2D eigenvalue weighted by molar-refractivity contribution is 0.0655. The Morgan fingerprint density at radius 3 is 2.53 bits per heavy atom. The van der Waals surface area contributed by atoms with Crippen LogP contribution in [0.15, 0.2) is 29.3 Å². The molecule has 3 aromatic rings. The van der Waals surface area contributed by atoms with E-state index < -0.39 is 5.91 Å². The number of aromatic amines is 1. The van der Waals surface area contributed by atoms with Gasteiger partial charge in [0, 0.05) is 42.5 Å². The van der Waals surface area contributed by atoms with Crippen LogP contribution in [-0.4, -0.2) is 39.1 Å². The first-order chi connectivity index (χ1) is 15.2. The lowest BCUT2D eigenvalue weighted by Crippen LogP contribution is -2.23. The van der Waals surface area contributed by atoms with Crippen molar-refractivity contribution in [2.75, 3.05) is 7.11 Å². The van der Waals surface area contributed by atoms with Crippen molar-refractivity contribution >= 4 is 16.8 Å². The van der Waals surface area contributed by atoms with Crippen molar-refractivity contribution in [1.82, 2.24) is 19.9 Å². The Bertz CT molecular complexity index is 1220. The first kappa shape index (κ1) is 22.1. The third-order valence-electron chi connectivity index (χ3n) is 6.15. The summed E-state index contributed by atoms with van der Waals surface area (Å²) in [6.07, 6.45) is 7.40. The minimum Gasteiger partial charge on any atom is -0.381 e.